The van der Waals surface area contributed by atoms with E-state index in [0.717, 1.165) is 0 Å². The zero-order valence-corrected chi connectivity index (χ0v) is 10.2. The lowest BCUT2D eigenvalue weighted by Gasteiger charge is -2.04. The molecule has 2 rings (SSSR count). The van der Waals surface area contributed by atoms with Crippen molar-refractivity contribution in [2.24, 2.45) is 0 Å². The van der Waals surface area contributed by atoms with Gasteiger partial charge in [0.25, 0.3) is 0 Å². The van der Waals surface area contributed by atoms with Crippen molar-refractivity contribution in [3.63, 3.8) is 0 Å². The van der Waals surface area contributed by atoms with Gasteiger partial charge in [0.05, 0.1) is 6.54 Å². The molecule has 10 heteroatoms. The highest BCUT2D eigenvalue weighted by atomic mass is 32.1. The lowest BCUT2D eigenvalue weighted by atomic mass is 10.4. The Kier molecular flexibility index (Phi) is 3.19. The highest BCUT2D eigenvalue weighted by molar-refractivity contribution is 7.80. The van der Waals surface area contributed by atoms with E-state index in [2.05, 4.69) is 27.8 Å². The van der Waals surface area contributed by atoms with Crippen LogP contribution < -0.4 is 5.73 Å². The van der Waals surface area contributed by atoms with Crippen LogP contribution in [0.3, 0.4) is 0 Å². The van der Waals surface area contributed by atoms with Crippen LogP contribution in [0, 0.1) is 10.1 Å². The molecule has 9 nitrogen and oxygen atoms in total. The fraction of sp³-hybridized carbons (Fsp3) is 0.375. The number of thiol groups is 1. The summed E-state index contributed by atoms with van der Waals surface area (Å²) >= 11 is 4.27. The number of hydrogen-bond acceptors (Lipinski definition) is 8. The van der Waals surface area contributed by atoms with Crippen molar-refractivity contribution in [3.8, 4) is 0 Å². The molecule has 0 amide bonds. The summed E-state index contributed by atoms with van der Waals surface area (Å²) in [5, 5.41) is 17.3. The second-order valence-electron chi connectivity index (χ2n) is 3.36. The van der Waals surface area contributed by atoms with E-state index < -0.39 is 10.2 Å². The largest absolute Gasteiger partial charge is 0.406 e. The van der Waals surface area contributed by atoms with E-state index in [9.17, 15) is 10.1 Å². The van der Waals surface area contributed by atoms with Crippen molar-refractivity contribution in [3.05, 3.63) is 28.0 Å². The van der Waals surface area contributed by atoms with Crippen LogP contribution in [0.1, 0.15) is 23.9 Å². The van der Waals surface area contributed by atoms with Gasteiger partial charge < -0.3 is 20.3 Å². The minimum atomic E-state index is -0.663. The summed E-state index contributed by atoms with van der Waals surface area (Å²) in [7, 11) is 0. The van der Waals surface area contributed by atoms with E-state index in [0.29, 0.717) is 12.4 Å². The van der Waals surface area contributed by atoms with E-state index in [-0.39, 0.29) is 17.7 Å². The van der Waals surface area contributed by atoms with Crippen molar-refractivity contribution in [1.82, 2.24) is 19.7 Å². The molecule has 2 aromatic rings. The van der Waals surface area contributed by atoms with Crippen LogP contribution in [0.25, 0.3) is 0 Å². The number of imidazole rings is 1. The number of nitrogens with zero attached hydrogens (tertiary/aromatic N) is 5. The fourth-order valence-electron chi connectivity index (χ4n) is 1.54. The smallest absolute Gasteiger partial charge is 0.342 e. The molecule has 0 aliphatic heterocycles. The first kappa shape index (κ1) is 12.4. The number of nitro groups is 1. The van der Waals surface area contributed by atoms with Crippen LogP contribution >= 0.6 is 12.6 Å². The standard InChI is InChI=1S/C8H10N6O3S/c1-2-13-4(14(15)16)3-10-6(13)5(18)7-11-12-8(9)17-7/h3,5,18H,2H2,1H3,(H2,9,12). The Morgan fingerprint density at radius 1 is 1.67 bits per heavy atom. The van der Waals surface area contributed by atoms with Gasteiger partial charge in [-0.1, -0.05) is 5.10 Å². The van der Waals surface area contributed by atoms with Gasteiger partial charge in [0.1, 0.15) is 6.20 Å². The molecule has 2 aromatic heterocycles. The maximum Gasteiger partial charge on any atom is 0.342 e. The van der Waals surface area contributed by atoms with Crippen LogP contribution in [0.5, 0.6) is 0 Å². The third kappa shape index (κ3) is 2.01. The molecule has 0 radical (unpaired) electrons. The van der Waals surface area contributed by atoms with E-state index in [4.69, 9.17) is 10.2 Å². The van der Waals surface area contributed by atoms with Crippen molar-refractivity contribution < 1.29 is 9.34 Å². The van der Waals surface area contributed by atoms with Crippen LogP contribution in [0.15, 0.2) is 10.6 Å². The molecule has 2 heterocycles. The first-order valence-electron chi connectivity index (χ1n) is 5.01. The van der Waals surface area contributed by atoms with Crippen LogP contribution in [0.2, 0.25) is 0 Å². The molecule has 18 heavy (non-hydrogen) atoms. The van der Waals surface area contributed by atoms with E-state index in [1.165, 1.54) is 10.8 Å². The molecule has 0 aliphatic rings. The number of aromatic nitrogens is 4. The van der Waals surface area contributed by atoms with Crippen molar-refractivity contribution in [2.45, 2.75) is 18.7 Å². The Bertz CT molecular complexity index is 579. The highest BCUT2D eigenvalue weighted by Gasteiger charge is 2.28. The summed E-state index contributed by atoms with van der Waals surface area (Å²) in [5.74, 6) is 0.390. The Labute approximate surface area is 107 Å². The third-order valence-electron chi connectivity index (χ3n) is 2.30. The predicted octanol–water partition coefficient (Wildman–Crippen LogP) is 0.796. The summed E-state index contributed by atoms with van der Waals surface area (Å²) in [6, 6.07) is -0.0897. The van der Waals surface area contributed by atoms with Gasteiger partial charge in [-0.05, 0) is 11.8 Å². The fourth-order valence-corrected chi connectivity index (χ4v) is 1.85. The second-order valence-corrected chi connectivity index (χ2v) is 3.87. The molecule has 0 saturated heterocycles. The Balaban J connectivity index is 2.42. The molecule has 0 saturated carbocycles. The van der Waals surface area contributed by atoms with Crippen molar-refractivity contribution in [2.75, 3.05) is 5.73 Å². The third-order valence-corrected chi connectivity index (χ3v) is 2.76. The quantitative estimate of drug-likeness (QED) is 0.478. The molecule has 0 bridgehead atoms. The first-order valence-corrected chi connectivity index (χ1v) is 5.53. The maximum absolute atomic E-state index is 10.8. The van der Waals surface area contributed by atoms with Crippen LogP contribution in [0.4, 0.5) is 11.8 Å². The summed E-state index contributed by atoms with van der Waals surface area (Å²) in [4.78, 5) is 14.3. The summed E-state index contributed by atoms with van der Waals surface area (Å²) < 4.78 is 6.44. The van der Waals surface area contributed by atoms with Gasteiger partial charge in [0.2, 0.25) is 11.7 Å². The molecule has 0 fully saturated rings. The molecular weight excluding hydrogens is 260 g/mol. The number of nitrogen functional groups attached to an aromatic ring is 1. The summed E-state index contributed by atoms with van der Waals surface area (Å²) in [6.07, 6.45) is 1.17. The van der Waals surface area contributed by atoms with Gasteiger partial charge >= 0.3 is 11.8 Å². The number of hydrogen-bond donors (Lipinski definition) is 2. The topological polar surface area (TPSA) is 126 Å². The summed E-state index contributed by atoms with van der Waals surface area (Å²) in [5.41, 5.74) is 5.31. The number of anilines is 1. The Morgan fingerprint density at radius 3 is 2.89 bits per heavy atom. The van der Waals surface area contributed by atoms with Crippen molar-refractivity contribution >= 4 is 24.5 Å². The average molecular weight is 270 g/mol. The average Bonchev–Trinajstić information content (AvgIpc) is 2.93. The number of nitrogens with two attached hydrogens (primary N) is 1. The molecule has 2 N–H and O–H groups in total. The van der Waals surface area contributed by atoms with Gasteiger partial charge in [0.15, 0.2) is 5.25 Å². The maximum atomic E-state index is 10.8. The molecule has 0 spiro atoms. The molecule has 0 aliphatic carbocycles. The predicted molar refractivity (Wildman–Crippen MR) is 64.1 cm³/mol. The van der Waals surface area contributed by atoms with Gasteiger partial charge in [-0.2, -0.15) is 12.6 Å². The normalized spacial score (nSPS) is 12.6. The van der Waals surface area contributed by atoms with Crippen molar-refractivity contribution in [1.29, 1.82) is 0 Å². The van der Waals surface area contributed by atoms with Crippen LogP contribution in [-0.4, -0.2) is 24.7 Å². The monoisotopic (exact) mass is 270 g/mol. The minimum absolute atomic E-state index is 0.0897. The van der Waals surface area contributed by atoms with Gasteiger partial charge in [0, 0.05) is 0 Å². The zero-order chi connectivity index (χ0) is 13.3. The SMILES string of the molecule is CCn1c([N+](=O)[O-])cnc1C(S)c1nnc(N)o1. The number of rotatable bonds is 4. The second kappa shape index (κ2) is 4.64. The molecule has 96 valence electrons. The Hall–Kier alpha value is -2.10. The highest BCUT2D eigenvalue weighted by Crippen LogP contribution is 2.29. The van der Waals surface area contributed by atoms with Crippen LogP contribution in [-0.2, 0) is 6.54 Å². The Morgan fingerprint density at radius 2 is 2.39 bits per heavy atom. The van der Waals surface area contributed by atoms with Gasteiger partial charge in [-0.3, -0.25) is 0 Å². The zero-order valence-electron chi connectivity index (χ0n) is 9.35. The van der Waals surface area contributed by atoms with Gasteiger partial charge in [-0.25, -0.2) is 9.55 Å². The molecule has 1 atom stereocenters. The lowest BCUT2D eigenvalue weighted by molar-refractivity contribution is -0.392. The minimum Gasteiger partial charge on any atom is -0.406 e. The molecule has 1 unspecified atom stereocenters. The van der Waals surface area contributed by atoms with E-state index in [1.807, 2.05) is 0 Å². The summed E-state index contributed by atoms with van der Waals surface area (Å²) in [6.45, 7) is 2.15. The first-order chi connectivity index (χ1) is 8.54. The lowest BCUT2D eigenvalue weighted by Crippen LogP contribution is -2.08. The van der Waals surface area contributed by atoms with Gasteiger partial charge in [-0.15, -0.1) is 5.10 Å². The molecule has 0 aromatic carbocycles. The van der Waals surface area contributed by atoms with E-state index >= 15 is 0 Å². The van der Waals surface area contributed by atoms with E-state index in [1.54, 1.807) is 6.92 Å². The molecular formula is C8H10N6O3S.